The number of aromatic amines is 1. The SMILES string of the molecule is CC(C)c1c(O)nc(-c2cnn(C(C)C)c2)[nH]c1=O. The van der Waals surface area contributed by atoms with Gasteiger partial charge >= 0.3 is 0 Å². The monoisotopic (exact) mass is 262 g/mol. The van der Waals surface area contributed by atoms with Crippen molar-refractivity contribution in [1.29, 1.82) is 0 Å². The van der Waals surface area contributed by atoms with Gasteiger partial charge < -0.3 is 10.1 Å². The molecule has 0 fully saturated rings. The van der Waals surface area contributed by atoms with Crippen LogP contribution in [-0.4, -0.2) is 24.9 Å². The van der Waals surface area contributed by atoms with Gasteiger partial charge in [-0.05, 0) is 19.8 Å². The molecule has 2 aromatic heterocycles. The van der Waals surface area contributed by atoms with E-state index in [1.807, 2.05) is 27.7 Å². The number of aromatic nitrogens is 4. The summed E-state index contributed by atoms with van der Waals surface area (Å²) in [6, 6.07) is 0.226. The van der Waals surface area contributed by atoms with E-state index >= 15 is 0 Å². The summed E-state index contributed by atoms with van der Waals surface area (Å²) in [5.74, 6) is 0.0357. The van der Waals surface area contributed by atoms with Gasteiger partial charge in [0.1, 0.15) is 5.82 Å². The predicted molar refractivity (Wildman–Crippen MR) is 72.2 cm³/mol. The van der Waals surface area contributed by atoms with Gasteiger partial charge in [0.15, 0.2) is 0 Å². The summed E-state index contributed by atoms with van der Waals surface area (Å²) < 4.78 is 1.77. The highest BCUT2D eigenvalue weighted by molar-refractivity contribution is 5.53. The molecule has 2 rings (SSSR count). The number of H-pyrrole nitrogens is 1. The van der Waals surface area contributed by atoms with Gasteiger partial charge in [0, 0.05) is 12.2 Å². The Labute approximate surface area is 111 Å². The van der Waals surface area contributed by atoms with Crippen LogP contribution in [-0.2, 0) is 0 Å². The van der Waals surface area contributed by atoms with Crippen molar-refractivity contribution in [3.63, 3.8) is 0 Å². The second-order valence-corrected chi connectivity index (χ2v) is 5.11. The minimum Gasteiger partial charge on any atom is -0.493 e. The zero-order valence-corrected chi connectivity index (χ0v) is 11.5. The van der Waals surface area contributed by atoms with Gasteiger partial charge in [-0.1, -0.05) is 13.8 Å². The molecule has 0 unspecified atom stereocenters. The third kappa shape index (κ3) is 2.52. The van der Waals surface area contributed by atoms with Crippen LogP contribution in [0.4, 0.5) is 0 Å². The Hall–Kier alpha value is -2.11. The zero-order chi connectivity index (χ0) is 14.2. The zero-order valence-electron chi connectivity index (χ0n) is 11.5. The summed E-state index contributed by atoms with van der Waals surface area (Å²) in [7, 11) is 0. The fourth-order valence-electron chi connectivity index (χ4n) is 1.87. The Morgan fingerprint density at radius 3 is 2.47 bits per heavy atom. The standard InChI is InChI=1S/C13H18N4O2/c1-7(2)10-12(18)15-11(16-13(10)19)9-5-14-17(6-9)8(3)4/h5-8H,1-4H3,(H2,15,16,18,19). The van der Waals surface area contributed by atoms with Crippen molar-refractivity contribution in [2.75, 3.05) is 0 Å². The van der Waals surface area contributed by atoms with Crippen LogP contribution in [0.25, 0.3) is 11.4 Å². The first-order valence-electron chi connectivity index (χ1n) is 6.27. The molecule has 0 spiro atoms. The van der Waals surface area contributed by atoms with E-state index in [4.69, 9.17) is 0 Å². The average molecular weight is 262 g/mol. The number of hydrogen-bond acceptors (Lipinski definition) is 4. The third-order valence-corrected chi connectivity index (χ3v) is 2.92. The maximum Gasteiger partial charge on any atom is 0.258 e. The first-order valence-corrected chi connectivity index (χ1v) is 6.27. The molecule has 0 aromatic carbocycles. The predicted octanol–water partition coefficient (Wildman–Crippen LogP) is 2.04. The second-order valence-electron chi connectivity index (χ2n) is 5.11. The summed E-state index contributed by atoms with van der Waals surface area (Å²) >= 11 is 0. The number of nitrogens with one attached hydrogen (secondary N) is 1. The highest BCUT2D eigenvalue weighted by Gasteiger charge is 2.15. The molecule has 0 aliphatic heterocycles. The van der Waals surface area contributed by atoms with Crippen LogP contribution in [0.2, 0.25) is 0 Å². The van der Waals surface area contributed by atoms with Crippen molar-refractivity contribution < 1.29 is 5.11 Å². The summed E-state index contributed by atoms with van der Waals surface area (Å²) in [4.78, 5) is 18.7. The number of aromatic hydroxyl groups is 1. The Morgan fingerprint density at radius 1 is 1.32 bits per heavy atom. The highest BCUT2D eigenvalue weighted by atomic mass is 16.3. The lowest BCUT2D eigenvalue weighted by Gasteiger charge is -2.07. The maximum atomic E-state index is 11.9. The lowest BCUT2D eigenvalue weighted by molar-refractivity contribution is 0.440. The smallest absolute Gasteiger partial charge is 0.258 e. The van der Waals surface area contributed by atoms with Crippen LogP contribution < -0.4 is 5.56 Å². The molecular formula is C13H18N4O2. The molecular weight excluding hydrogens is 244 g/mol. The van der Waals surface area contributed by atoms with E-state index in [0.29, 0.717) is 17.0 Å². The molecule has 0 saturated carbocycles. The Kier molecular flexibility index (Phi) is 3.42. The molecule has 0 atom stereocenters. The molecule has 0 radical (unpaired) electrons. The quantitative estimate of drug-likeness (QED) is 0.886. The van der Waals surface area contributed by atoms with Gasteiger partial charge in [-0.15, -0.1) is 0 Å². The van der Waals surface area contributed by atoms with Crippen LogP contribution in [0.1, 0.15) is 45.2 Å². The number of nitrogens with zero attached hydrogens (tertiary/aromatic N) is 3. The van der Waals surface area contributed by atoms with E-state index < -0.39 is 0 Å². The largest absolute Gasteiger partial charge is 0.493 e. The van der Waals surface area contributed by atoms with Gasteiger partial charge in [0.2, 0.25) is 5.88 Å². The molecule has 6 heteroatoms. The Balaban J connectivity index is 2.49. The highest BCUT2D eigenvalue weighted by Crippen LogP contribution is 2.22. The van der Waals surface area contributed by atoms with E-state index in [-0.39, 0.29) is 23.4 Å². The van der Waals surface area contributed by atoms with Crippen molar-refractivity contribution in [1.82, 2.24) is 19.7 Å². The average Bonchev–Trinajstić information content (AvgIpc) is 2.76. The van der Waals surface area contributed by atoms with E-state index in [9.17, 15) is 9.90 Å². The summed E-state index contributed by atoms with van der Waals surface area (Å²) in [5, 5.41) is 14.0. The molecule has 0 bridgehead atoms. The normalized spacial score (nSPS) is 11.5. The lowest BCUT2D eigenvalue weighted by atomic mass is 10.1. The fraction of sp³-hybridized carbons (Fsp3) is 0.462. The number of hydrogen-bond donors (Lipinski definition) is 2. The minimum atomic E-state index is -0.310. The van der Waals surface area contributed by atoms with Crippen molar-refractivity contribution in [3.8, 4) is 17.3 Å². The maximum absolute atomic E-state index is 11.9. The Morgan fingerprint density at radius 2 is 2.00 bits per heavy atom. The molecule has 0 amide bonds. The molecule has 6 nitrogen and oxygen atoms in total. The van der Waals surface area contributed by atoms with Crippen LogP contribution in [0.3, 0.4) is 0 Å². The molecule has 2 aromatic rings. The van der Waals surface area contributed by atoms with Crippen molar-refractivity contribution >= 4 is 0 Å². The number of rotatable bonds is 3. The molecule has 2 heterocycles. The molecule has 19 heavy (non-hydrogen) atoms. The van der Waals surface area contributed by atoms with Crippen LogP contribution in [0.15, 0.2) is 17.2 Å². The Bertz CT molecular complexity index is 640. The van der Waals surface area contributed by atoms with Crippen molar-refractivity contribution in [3.05, 3.63) is 28.3 Å². The summed E-state index contributed by atoms with van der Waals surface area (Å²) in [6.07, 6.45) is 3.41. The van der Waals surface area contributed by atoms with Crippen LogP contribution in [0.5, 0.6) is 5.88 Å². The van der Waals surface area contributed by atoms with Crippen LogP contribution in [0, 0.1) is 0 Å². The second kappa shape index (κ2) is 4.87. The summed E-state index contributed by atoms with van der Waals surface area (Å²) in [6.45, 7) is 7.68. The van der Waals surface area contributed by atoms with E-state index in [1.165, 1.54) is 0 Å². The molecule has 0 aliphatic carbocycles. The molecule has 0 saturated heterocycles. The van der Waals surface area contributed by atoms with Gasteiger partial charge in [0.25, 0.3) is 5.56 Å². The fourth-order valence-corrected chi connectivity index (χ4v) is 1.87. The van der Waals surface area contributed by atoms with Gasteiger partial charge in [-0.25, -0.2) is 0 Å². The van der Waals surface area contributed by atoms with E-state index in [0.717, 1.165) is 0 Å². The summed E-state index contributed by atoms with van der Waals surface area (Å²) in [5.41, 5.74) is 0.672. The topological polar surface area (TPSA) is 83.8 Å². The van der Waals surface area contributed by atoms with Gasteiger partial charge in [-0.3, -0.25) is 9.48 Å². The van der Waals surface area contributed by atoms with E-state index in [2.05, 4.69) is 15.1 Å². The minimum absolute atomic E-state index is 0.0799. The van der Waals surface area contributed by atoms with Gasteiger partial charge in [-0.2, -0.15) is 10.1 Å². The lowest BCUT2D eigenvalue weighted by Crippen LogP contribution is -2.16. The molecule has 2 N–H and O–H groups in total. The first-order chi connectivity index (χ1) is 8.90. The molecule has 0 aliphatic rings. The van der Waals surface area contributed by atoms with Crippen molar-refractivity contribution in [2.24, 2.45) is 0 Å². The molecule has 102 valence electrons. The van der Waals surface area contributed by atoms with Gasteiger partial charge in [0.05, 0.1) is 17.3 Å². The van der Waals surface area contributed by atoms with Crippen LogP contribution >= 0.6 is 0 Å². The first kappa shape index (κ1) is 13.3. The third-order valence-electron chi connectivity index (χ3n) is 2.92. The van der Waals surface area contributed by atoms with E-state index in [1.54, 1.807) is 17.1 Å². The van der Waals surface area contributed by atoms with Crippen molar-refractivity contribution in [2.45, 2.75) is 39.7 Å².